The van der Waals surface area contributed by atoms with Gasteiger partial charge in [-0.3, -0.25) is 4.98 Å². The molecule has 0 atom stereocenters. The summed E-state index contributed by atoms with van der Waals surface area (Å²) in [5.41, 5.74) is 6.07. The molecular weight excluding hydrogens is 266 g/mol. The molecule has 1 heterocycles. The fraction of sp³-hybridized carbons (Fsp3) is 0.476. The average Bonchev–Trinajstić information content (AvgIpc) is 2.56. The van der Waals surface area contributed by atoms with E-state index in [-0.39, 0.29) is 5.41 Å². The van der Waals surface area contributed by atoms with Crippen LogP contribution in [0.4, 0.5) is 0 Å². The zero-order valence-electron chi connectivity index (χ0n) is 14.3. The van der Waals surface area contributed by atoms with Gasteiger partial charge in [0.05, 0.1) is 5.69 Å². The van der Waals surface area contributed by atoms with Crippen molar-refractivity contribution in [3.8, 4) is 11.3 Å². The van der Waals surface area contributed by atoms with Crippen LogP contribution in [0.15, 0.2) is 42.6 Å². The topological polar surface area (TPSA) is 12.9 Å². The van der Waals surface area contributed by atoms with E-state index < -0.39 is 0 Å². The monoisotopic (exact) mass is 293 g/mol. The van der Waals surface area contributed by atoms with E-state index in [1.807, 2.05) is 12.3 Å². The number of rotatable bonds is 3. The lowest BCUT2D eigenvalue weighted by Crippen LogP contribution is -2.37. The summed E-state index contributed by atoms with van der Waals surface area (Å²) >= 11 is 0. The lowest BCUT2D eigenvalue weighted by atomic mass is 9.59. The fourth-order valence-electron chi connectivity index (χ4n) is 4.07. The van der Waals surface area contributed by atoms with E-state index in [2.05, 4.69) is 63.0 Å². The highest BCUT2D eigenvalue weighted by Gasteiger charge is 2.40. The van der Waals surface area contributed by atoms with Crippen molar-refractivity contribution in [1.29, 1.82) is 0 Å². The second kappa shape index (κ2) is 5.53. The van der Waals surface area contributed by atoms with Crippen molar-refractivity contribution in [1.82, 2.24) is 4.98 Å². The van der Waals surface area contributed by atoms with Crippen molar-refractivity contribution < 1.29 is 0 Å². The van der Waals surface area contributed by atoms with Gasteiger partial charge in [0.1, 0.15) is 0 Å². The first-order valence-corrected chi connectivity index (χ1v) is 8.59. The predicted molar refractivity (Wildman–Crippen MR) is 94.2 cm³/mol. The van der Waals surface area contributed by atoms with Gasteiger partial charge < -0.3 is 0 Å². The van der Waals surface area contributed by atoms with E-state index in [4.69, 9.17) is 0 Å². The normalized spacial score (nSPS) is 18.7. The van der Waals surface area contributed by atoms with E-state index in [1.54, 1.807) is 11.1 Å². The molecule has 0 unspecified atom stereocenters. The van der Waals surface area contributed by atoms with Crippen molar-refractivity contribution in [2.24, 2.45) is 0 Å². The van der Waals surface area contributed by atoms with Crippen LogP contribution in [0.2, 0.25) is 0 Å². The molecule has 0 saturated carbocycles. The lowest BCUT2D eigenvalue weighted by Gasteiger charge is -2.45. The Kier molecular flexibility index (Phi) is 3.84. The van der Waals surface area contributed by atoms with Crippen molar-refractivity contribution in [3.63, 3.8) is 0 Å². The molecule has 2 aromatic rings. The van der Waals surface area contributed by atoms with Crippen LogP contribution in [0.5, 0.6) is 0 Å². The van der Waals surface area contributed by atoms with Gasteiger partial charge in [0.25, 0.3) is 0 Å². The van der Waals surface area contributed by atoms with Gasteiger partial charge in [-0.25, -0.2) is 0 Å². The summed E-state index contributed by atoms with van der Waals surface area (Å²) in [4.78, 5) is 4.53. The zero-order valence-corrected chi connectivity index (χ0v) is 14.3. The van der Waals surface area contributed by atoms with Gasteiger partial charge in [-0.15, -0.1) is 0 Å². The van der Waals surface area contributed by atoms with Crippen molar-refractivity contribution in [2.45, 2.75) is 64.2 Å². The minimum absolute atomic E-state index is 0.284. The number of nitrogens with zero attached hydrogens (tertiary/aromatic N) is 1. The van der Waals surface area contributed by atoms with Gasteiger partial charge in [-0.05, 0) is 65.8 Å². The van der Waals surface area contributed by atoms with Crippen LogP contribution < -0.4 is 0 Å². The predicted octanol–water partition coefficient (Wildman–Crippen LogP) is 5.88. The molecule has 0 bridgehead atoms. The van der Waals surface area contributed by atoms with Crippen molar-refractivity contribution in [3.05, 3.63) is 53.7 Å². The summed E-state index contributed by atoms with van der Waals surface area (Å²) in [5, 5.41) is 0. The van der Waals surface area contributed by atoms with Gasteiger partial charge in [-0.1, -0.05) is 45.9 Å². The van der Waals surface area contributed by atoms with E-state index in [0.29, 0.717) is 5.41 Å². The molecule has 0 saturated heterocycles. The Morgan fingerprint density at radius 2 is 1.73 bits per heavy atom. The molecule has 1 aromatic heterocycles. The second-order valence-corrected chi connectivity index (χ2v) is 7.35. The largest absolute Gasteiger partial charge is 0.256 e. The van der Waals surface area contributed by atoms with Gasteiger partial charge in [0.2, 0.25) is 0 Å². The third kappa shape index (κ3) is 2.37. The summed E-state index contributed by atoms with van der Waals surface area (Å²) in [6.07, 6.45) is 6.90. The van der Waals surface area contributed by atoms with Gasteiger partial charge in [0, 0.05) is 11.8 Å². The van der Waals surface area contributed by atoms with Crippen LogP contribution in [0, 0.1) is 0 Å². The maximum atomic E-state index is 4.53. The molecule has 1 aliphatic carbocycles. The number of benzene rings is 1. The van der Waals surface area contributed by atoms with E-state index in [0.717, 1.165) is 5.69 Å². The quantitative estimate of drug-likeness (QED) is 0.689. The first kappa shape index (κ1) is 15.3. The zero-order chi connectivity index (χ0) is 15.8. The van der Waals surface area contributed by atoms with Crippen LogP contribution in [-0.2, 0) is 10.8 Å². The van der Waals surface area contributed by atoms with Crippen LogP contribution in [0.3, 0.4) is 0 Å². The summed E-state index contributed by atoms with van der Waals surface area (Å²) in [7, 11) is 0. The number of hydrogen-bond acceptors (Lipinski definition) is 1. The van der Waals surface area contributed by atoms with Crippen LogP contribution in [0.25, 0.3) is 11.3 Å². The Bertz CT molecular complexity index is 651. The first-order chi connectivity index (χ1) is 10.5. The fourth-order valence-corrected chi connectivity index (χ4v) is 4.07. The Morgan fingerprint density at radius 3 is 2.36 bits per heavy atom. The molecule has 116 valence electrons. The summed E-state index contributed by atoms with van der Waals surface area (Å²) in [6.45, 7) is 9.47. The molecule has 0 radical (unpaired) electrons. The number of aromatic nitrogens is 1. The Morgan fingerprint density at radius 1 is 0.955 bits per heavy atom. The highest BCUT2D eigenvalue weighted by Crippen LogP contribution is 2.50. The molecule has 22 heavy (non-hydrogen) atoms. The van der Waals surface area contributed by atoms with Crippen molar-refractivity contribution >= 4 is 0 Å². The van der Waals surface area contributed by atoms with E-state index in [1.165, 1.54) is 31.2 Å². The molecule has 0 spiro atoms. The standard InChI is InChI=1S/C21H27N/c1-5-21(6-2)13-12-20(3,4)17-11-10-16(15-18(17)21)19-9-7-8-14-22-19/h7-11,14-15H,5-6,12-13H2,1-4H3. The highest BCUT2D eigenvalue weighted by atomic mass is 14.7. The molecule has 3 rings (SSSR count). The number of fused-ring (bicyclic) bond motifs is 1. The lowest BCUT2D eigenvalue weighted by molar-refractivity contribution is 0.276. The molecule has 0 aliphatic heterocycles. The summed E-state index contributed by atoms with van der Waals surface area (Å²) in [6, 6.07) is 13.2. The van der Waals surface area contributed by atoms with Crippen molar-refractivity contribution in [2.75, 3.05) is 0 Å². The number of pyridine rings is 1. The van der Waals surface area contributed by atoms with Gasteiger partial charge in [0.15, 0.2) is 0 Å². The minimum atomic E-state index is 0.284. The minimum Gasteiger partial charge on any atom is -0.256 e. The second-order valence-electron chi connectivity index (χ2n) is 7.35. The van der Waals surface area contributed by atoms with Gasteiger partial charge in [-0.2, -0.15) is 0 Å². The maximum Gasteiger partial charge on any atom is 0.0702 e. The van der Waals surface area contributed by atoms with E-state index >= 15 is 0 Å². The average molecular weight is 293 g/mol. The van der Waals surface area contributed by atoms with Gasteiger partial charge >= 0.3 is 0 Å². The van der Waals surface area contributed by atoms with E-state index in [9.17, 15) is 0 Å². The summed E-state index contributed by atoms with van der Waals surface area (Å²) in [5.74, 6) is 0. The number of hydrogen-bond donors (Lipinski definition) is 0. The Hall–Kier alpha value is -1.63. The Balaban J connectivity index is 2.19. The molecule has 0 amide bonds. The molecule has 1 nitrogen and oxygen atoms in total. The molecular formula is C21H27N. The highest BCUT2D eigenvalue weighted by molar-refractivity contribution is 5.63. The maximum absolute atomic E-state index is 4.53. The molecule has 1 aromatic carbocycles. The first-order valence-electron chi connectivity index (χ1n) is 8.59. The van der Waals surface area contributed by atoms with Crippen LogP contribution >= 0.6 is 0 Å². The third-order valence-corrected chi connectivity index (χ3v) is 5.86. The molecule has 1 aliphatic rings. The van der Waals surface area contributed by atoms with Crippen LogP contribution in [0.1, 0.15) is 64.5 Å². The summed E-state index contributed by atoms with van der Waals surface area (Å²) < 4.78 is 0. The Labute approximate surface area is 134 Å². The molecule has 1 heteroatoms. The molecule has 0 fully saturated rings. The van der Waals surface area contributed by atoms with Crippen LogP contribution in [-0.4, -0.2) is 4.98 Å². The molecule has 0 N–H and O–H groups in total. The smallest absolute Gasteiger partial charge is 0.0702 e. The SMILES string of the molecule is CCC1(CC)CCC(C)(C)c2ccc(-c3ccccn3)cc21. The third-order valence-electron chi connectivity index (χ3n) is 5.86.